The summed E-state index contributed by atoms with van der Waals surface area (Å²) in [5, 5.41) is 12.6. The molecule has 0 saturated heterocycles. The summed E-state index contributed by atoms with van der Waals surface area (Å²) in [5.74, 6) is -2.14. The zero-order valence-electron chi connectivity index (χ0n) is 11.4. The van der Waals surface area contributed by atoms with Gasteiger partial charge in [-0.25, -0.2) is 0 Å². The van der Waals surface area contributed by atoms with E-state index in [1.807, 2.05) is 6.92 Å². The third-order valence-corrected chi connectivity index (χ3v) is 4.35. The van der Waals surface area contributed by atoms with E-state index in [9.17, 15) is 14.7 Å². The summed E-state index contributed by atoms with van der Waals surface area (Å²) in [7, 11) is 0. The first-order valence-electron chi connectivity index (χ1n) is 6.79. The zero-order chi connectivity index (χ0) is 14.7. The number of anilines is 1. The van der Waals surface area contributed by atoms with Gasteiger partial charge in [0.2, 0.25) is 5.91 Å². The van der Waals surface area contributed by atoms with Crippen LogP contribution >= 0.6 is 11.6 Å². The molecule has 1 aliphatic carbocycles. The highest BCUT2D eigenvalue weighted by Gasteiger charge is 2.35. The minimum absolute atomic E-state index is 0.220. The molecule has 0 heterocycles. The van der Waals surface area contributed by atoms with Crippen LogP contribution in [-0.2, 0) is 9.59 Å². The highest BCUT2D eigenvalue weighted by molar-refractivity contribution is 6.31. The largest absolute Gasteiger partial charge is 0.481 e. The minimum Gasteiger partial charge on any atom is -0.481 e. The SMILES string of the molecule is Cc1c(Cl)cccc1NC(=O)[C@@H]1CCCC[C@H]1C(=O)O. The topological polar surface area (TPSA) is 66.4 Å². The summed E-state index contributed by atoms with van der Waals surface area (Å²) < 4.78 is 0. The Morgan fingerprint density at radius 3 is 2.55 bits per heavy atom. The molecule has 0 spiro atoms. The Bertz CT molecular complexity index is 530. The molecule has 2 atom stereocenters. The molecule has 5 heteroatoms. The number of benzene rings is 1. The molecule has 2 N–H and O–H groups in total. The van der Waals surface area contributed by atoms with Crippen molar-refractivity contribution in [3.63, 3.8) is 0 Å². The van der Waals surface area contributed by atoms with Crippen molar-refractivity contribution in [2.75, 3.05) is 5.32 Å². The van der Waals surface area contributed by atoms with Crippen LogP contribution in [0.5, 0.6) is 0 Å². The highest BCUT2D eigenvalue weighted by atomic mass is 35.5. The first-order valence-corrected chi connectivity index (χ1v) is 7.17. The molecule has 0 aliphatic heterocycles. The van der Waals surface area contributed by atoms with E-state index >= 15 is 0 Å². The van der Waals surface area contributed by atoms with Crippen LogP contribution in [0.2, 0.25) is 5.02 Å². The molecule has 4 nitrogen and oxygen atoms in total. The van der Waals surface area contributed by atoms with E-state index < -0.39 is 17.8 Å². The van der Waals surface area contributed by atoms with Crippen LogP contribution in [0.4, 0.5) is 5.69 Å². The smallest absolute Gasteiger partial charge is 0.307 e. The monoisotopic (exact) mass is 295 g/mol. The lowest BCUT2D eigenvalue weighted by atomic mass is 9.78. The van der Waals surface area contributed by atoms with E-state index in [-0.39, 0.29) is 5.91 Å². The summed E-state index contributed by atoms with van der Waals surface area (Å²) in [6, 6.07) is 5.30. The number of rotatable bonds is 3. The van der Waals surface area contributed by atoms with Crippen molar-refractivity contribution in [1.29, 1.82) is 0 Å². The lowest BCUT2D eigenvalue weighted by Gasteiger charge is -2.27. The summed E-state index contributed by atoms with van der Waals surface area (Å²) in [6.07, 6.45) is 2.97. The van der Waals surface area contributed by atoms with Gasteiger partial charge in [0.1, 0.15) is 0 Å². The summed E-state index contributed by atoms with van der Waals surface area (Å²) >= 11 is 6.02. The molecule has 1 aliphatic rings. The molecule has 20 heavy (non-hydrogen) atoms. The number of nitrogens with one attached hydrogen (secondary N) is 1. The van der Waals surface area contributed by atoms with E-state index in [4.69, 9.17) is 11.6 Å². The Kier molecular flexibility index (Phi) is 4.65. The lowest BCUT2D eigenvalue weighted by molar-refractivity contribution is -0.147. The summed E-state index contributed by atoms with van der Waals surface area (Å²) in [6.45, 7) is 1.83. The molecule has 2 rings (SSSR count). The van der Waals surface area contributed by atoms with Gasteiger partial charge in [-0.1, -0.05) is 30.5 Å². The van der Waals surface area contributed by atoms with Gasteiger partial charge in [0.15, 0.2) is 0 Å². The van der Waals surface area contributed by atoms with E-state index in [1.165, 1.54) is 0 Å². The number of carbonyl (C=O) groups excluding carboxylic acids is 1. The van der Waals surface area contributed by atoms with Gasteiger partial charge < -0.3 is 10.4 Å². The van der Waals surface area contributed by atoms with Gasteiger partial charge in [-0.15, -0.1) is 0 Å². The standard InChI is InChI=1S/C15H18ClNO3/c1-9-12(16)7-4-8-13(9)17-14(18)10-5-2-3-6-11(10)15(19)20/h4,7-8,10-11H,2-3,5-6H2,1H3,(H,17,18)(H,19,20)/t10-,11-/m1/s1. The third kappa shape index (κ3) is 3.12. The molecule has 108 valence electrons. The number of hydrogen-bond acceptors (Lipinski definition) is 2. The Balaban J connectivity index is 2.14. The van der Waals surface area contributed by atoms with Crippen LogP contribution in [0.1, 0.15) is 31.2 Å². The van der Waals surface area contributed by atoms with Gasteiger partial charge in [0.05, 0.1) is 11.8 Å². The molecule has 0 aromatic heterocycles. The van der Waals surface area contributed by atoms with Crippen molar-refractivity contribution < 1.29 is 14.7 Å². The Labute approximate surface area is 123 Å². The van der Waals surface area contributed by atoms with Crippen LogP contribution in [0.15, 0.2) is 18.2 Å². The Hall–Kier alpha value is -1.55. The first-order chi connectivity index (χ1) is 9.50. The second-order valence-corrected chi connectivity index (χ2v) is 5.64. The second kappa shape index (κ2) is 6.27. The fourth-order valence-corrected chi connectivity index (χ4v) is 2.88. The number of aliphatic carboxylic acids is 1. The average molecular weight is 296 g/mol. The van der Waals surface area contributed by atoms with Gasteiger partial charge >= 0.3 is 5.97 Å². The number of hydrogen-bond donors (Lipinski definition) is 2. The summed E-state index contributed by atoms with van der Waals surface area (Å²) in [4.78, 5) is 23.6. The summed E-state index contributed by atoms with van der Waals surface area (Å²) in [5.41, 5.74) is 1.45. The molecule has 1 amide bonds. The number of amides is 1. The van der Waals surface area contributed by atoms with Crippen LogP contribution in [0, 0.1) is 18.8 Å². The van der Waals surface area contributed by atoms with Crippen molar-refractivity contribution in [2.24, 2.45) is 11.8 Å². The molecule has 1 aromatic rings. The molecular formula is C15H18ClNO3. The van der Waals surface area contributed by atoms with Gasteiger partial charge in [-0.3, -0.25) is 9.59 Å². The first kappa shape index (κ1) is 14.9. The minimum atomic E-state index is -0.882. The Morgan fingerprint density at radius 1 is 1.25 bits per heavy atom. The maximum Gasteiger partial charge on any atom is 0.307 e. The predicted molar refractivity (Wildman–Crippen MR) is 77.9 cm³/mol. The van der Waals surface area contributed by atoms with E-state index in [0.717, 1.165) is 18.4 Å². The van der Waals surface area contributed by atoms with Crippen molar-refractivity contribution in [3.8, 4) is 0 Å². The normalized spacial score (nSPS) is 22.3. The molecule has 1 saturated carbocycles. The molecule has 1 aromatic carbocycles. The van der Waals surface area contributed by atoms with Crippen LogP contribution < -0.4 is 5.32 Å². The zero-order valence-corrected chi connectivity index (χ0v) is 12.1. The second-order valence-electron chi connectivity index (χ2n) is 5.24. The van der Waals surface area contributed by atoms with Gasteiger partial charge in [-0.05, 0) is 37.5 Å². The third-order valence-electron chi connectivity index (χ3n) is 3.95. The maximum atomic E-state index is 12.3. The predicted octanol–water partition coefficient (Wildman–Crippen LogP) is 3.48. The quantitative estimate of drug-likeness (QED) is 0.897. The average Bonchev–Trinajstić information content (AvgIpc) is 2.43. The number of carboxylic acid groups (broad SMARTS) is 1. The number of carbonyl (C=O) groups is 2. The van der Waals surface area contributed by atoms with Crippen molar-refractivity contribution in [3.05, 3.63) is 28.8 Å². The van der Waals surface area contributed by atoms with Gasteiger partial charge in [0.25, 0.3) is 0 Å². The van der Waals surface area contributed by atoms with Crippen LogP contribution in [0.25, 0.3) is 0 Å². The molecule has 0 unspecified atom stereocenters. The number of carboxylic acids is 1. The molecule has 1 fully saturated rings. The van der Waals surface area contributed by atoms with Crippen molar-refractivity contribution in [1.82, 2.24) is 0 Å². The fourth-order valence-electron chi connectivity index (χ4n) is 2.71. The fraction of sp³-hybridized carbons (Fsp3) is 0.467. The van der Waals surface area contributed by atoms with Gasteiger partial charge in [0, 0.05) is 10.7 Å². The van der Waals surface area contributed by atoms with Gasteiger partial charge in [-0.2, -0.15) is 0 Å². The molecular weight excluding hydrogens is 278 g/mol. The lowest BCUT2D eigenvalue weighted by Crippen LogP contribution is -2.36. The Morgan fingerprint density at radius 2 is 1.90 bits per heavy atom. The maximum absolute atomic E-state index is 12.3. The highest BCUT2D eigenvalue weighted by Crippen LogP contribution is 2.32. The molecule has 0 bridgehead atoms. The number of halogens is 1. The molecule has 0 radical (unpaired) electrons. The van der Waals surface area contributed by atoms with E-state index in [0.29, 0.717) is 23.6 Å². The van der Waals surface area contributed by atoms with Crippen LogP contribution in [0.3, 0.4) is 0 Å². The van der Waals surface area contributed by atoms with Crippen molar-refractivity contribution >= 4 is 29.2 Å². The van der Waals surface area contributed by atoms with E-state index in [2.05, 4.69) is 5.32 Å². The van der Waals surface area contributed by atoms with Crippen LogP contribution in [-0.4, -0.2) is 17.0 Å². The van der Waals surface area contributed by atoms with Crippen molar-refractivity contribution in [2.45, 2.75) is 32.6 Å². The van der Waals surface area contributed by atoms with E-state index in [1.54, 1.807) is 18.2 Å².